The van der Waals surface area contributed by atoms with Crippen LogP contribution in [0.5, 0.6) is 0 Å². The second-order valence-electron chi connectivity index (χ2n) is 4.69. The lowest BCUT2D eigenvalue weighted by molar-refractivity contribution is 0.0944. The van der Waals surface area contributed by atoms with E-state index in [9.17, 15) is 4.79 Å². The van der Waals surface area contributed by atoms with Crippen LogP contribution in [0.3, 0.4) is 0 Å². The number of nitrogens with one attached hydrogen (secondary N) is 1. The van der Waals surface area contributed by atoms with E-state index in [-0.39, 0.29) is 5.91 Å². The highest BCUT2D eigenvalue weighted by Gasteiger charge is 2.23. The van der Waals surface area contributed by atoms with E-state index in [0.29, 0.717) is 10.7 Å². The molecule has 98 valence electrons. The minimum Gasteiger partial charge on any atom is -0.352 e. The minimum absolute atomic E-state index is 0.0537. The molecule has 4 heteroatoms. The number of carbonyl (C=O) groups excluding carboxylic acids is 1. The van der Waals surface area contributed by atoms with Crippen molar-refractivity contribution in [2.24, 2.45) is 5.92 Å². The Bertz CT molecular complexity index is 424. The monoisotopic (exact) mass is 327 g/mol. The van der Waals surface area contributed by atoms with E-state index in [4.69, 9.17) is 0 Å². The van der Waals surface area contributed by atoms with E-state index in [2.05, 4.69) is 21.2 Å². The fraction of sp³-hybridized carbons (Fsp3) is 0.500. The Morgan fingerprint density at radius 2 is 2.22 bits per heavy atom. The van der Waals surface area contributed by atoms with Gasteiger partial charge in [0.05, 0.1) is 5.56 Å². The van der Waals surface area contributed by atoms with Gasteiger partial charge in [-0.15, -0.1) is 11.8 Å². The Morgan fingerprint density at radius 1 is 1.44 bits per heavy atom. The maximum absolute atomic E-state index is 12.1. The summed E-state index contributed by atoms with van der Waals surface area (Å²) < 4.78 is 0. The molecular formula is C14H18BrNOS. The molecule has 18 heavy (non-hydrogen) atoms. The third kappa shape index (κ3) is 3.51. The van der Waals surface area contributed by atoms with E-state index in [1.807, 2.05) is 30.5 Å². The summed E-state index contributed by atoms with van der Waals surface area (Å²) in [7, 11) is 0. The largest absolute Gasteiger partial charge is 0.352 e. The van der Waals surface area contributed by atoms with Crippen LogP contribution in [-0.2, 0) is 0 Å². The second-order valence-corrected chi connectivity index (χ2v) is 6.83. The molecule has 1 aliphatic carbocycles. The van der Waals surface area contributed by atoms with Gasteiger partial charge < -0.3 is 5.32 Å². The summed E-state index contributed by atoms with van der Waals surface area (Å²) in [6.45, 7) is 0.795. The highest BCUT2D eigenvalue weighted by Crippen LogP contribution is 2.30. The summed E-state index contributed by atoms with van der Waals surface area (Å²) in [5, 5.41) is 3.06. The first-order chi connectivity index (χ1) is 8.70. The van der Waals surface area contributed by atoms with Gasteiger partial charge in [0, 0.05) is 16.3 Å². The summed E-state index contributed by atoms with van der Waals surface area (Å²) in [5.74, 6) is 0.678. The Kier molecular flexibility index (Phi) is 5.13. The normalized spacial score (nSPS) is 23.0. The predicted octanol–water partition coefficient (Wildman–Crippen LogP) is 3.70. The molecule has 2 atom stereocenters. The second kappa shape index (κ2) is 6.62. The fourth-order valence-corrected chi connectivity index (χ4v) is 3.75. The molecule has 0 spiro atoms. The molecule has 1 aliphatic rings. The Labute approximate surface area is 121 Å². The van der Waals surface area contributed by atoms with Gasteiger partial charge in [0.2, 0.25) is 0 Å². The van der Waals surface area contributed by atoms with Gasteiger partial charge in [0.25, 0.3) is 5.91 Å². The van der Waals surface area contributed by atoms with Crippen molar-refractivity contribution in [3.63, 3.8) is 0 Å². The molecule has 0 bridgehead atoms. The molecule has 0 heterocycles. The van der Waals surface area contributed by atoms with E-state index in [1.165, 1.54) is 19.3 Å². The number of rotatable bonds is 4. The van der Waals surface area contributed by atoms with Crippen LogP contribution >= 0.6 is 27.7 Å². The van der Waals surface area contributed by atoms with Gasteiger partial charge in [-0.25, -0.2) is 0 Å². The predicted molar refractivity (Wildman–Crippen MR) is 80.6 cm³/mol. The number of halogens is 1. The lowest BCUT2D eigenvalue weighted by Crippen LogP contribution is -2.28. The van der Waals surface area contributed by atoms with Crippen molar-refractivity contribution in [1.29, 1.82) is 0 Å². The van der Waals surface area contributed by atoms with Gasteiger partial charge in [-0.1, -0.05) is 28.1 Å². The summed E-state index contributed by atoms with van der Waals surface area (Å²) in [6, 6.07) is 7.76. The van der Waals surface area contributed by atoms with E-state index >= 15 is 0 Å². The number of carbonyl (C=O) groups is 1. The molecule has 0 aliphatic heterocycles. The van der Waals surface area contributed by atoms with Crippen molar-refractivity contribution >= 4 is 33.6 Å². The maximum atomic E-state index is 12.1. The van der Waals surface area contributed by atoms with Crippen LogP contribution < -0.4 is 5.32 Å². The summed E-state index contributed by atoms with van der Waals surface area (Å²) in [5.41, 5.74) is 0.790. The lowest BCUT2D eigenvalue weighted by Gasteiger charge is -2.12. The van der Waals surface area contributed by atoms with Crippen molar-refractivity contribution in [1.82, 2.24) is 5.32 Å². The zero-order valence-electron chi connectivity index (χ0n) is 10.5. The van der Waals surface area contributed by atoms with Crippen molar-refractivity contribution < 1.29 is 4.79 Å². The highest BCUT2D eigenvalue weighted by atomic mass is 79.9. The average molecular weight is 328 g/mol. The molecule has 1 N–H and O–H groups in total. The molecule has 1 amide bonds. The van der Waals surface area contributed by atoms with Crippen LogP contribution in [0, 0.1) is 5.92 Å². The number of benzene rings is 1. The number of hydrogen-bond donors (Lipinski definition) is 1. The highest BCUT2D eigenvalue weighted by molar-refractivity contribution is 9.09. The topological polar surface area (TPSA) is 29.1 Å². The molecular weight excluding hydrogens is 310 g/mol. The Balaban J connectivity index is 1.91. The first-order valence-corrected chi connectivity index (χ1v) is 8.40. The molecule has 0 aromatic heterocycles. The van der Waals surface area contributed by atoms with Crippen LogP contribution in [0.1, 0.15) is 29.6 Å². The fourth-order valence-electron chi connectivity index (χ4n) is 2.36. The van der Waals surface area contributed by atoms with Gasteiger partial charge in [0.15, 0.2) is 0 Å². The van der Waals surface area contributed by atoms with Crippen molar-refractivity contribution in [2.45, 2.75) is 29.0 Å². The number of hydrogen-bond acceptors (Lipinski definition) is 2. The first kappa shape index (κ1) is 13.9. The molecule has 2 nitrogen and oxygen atoms in total. The Morgan fingerprint density at radius 3 is 2.89 bits per heavy atom. The average Bonchev–Trinajstić information content (AvgIpc) is 2.81. The van der Waals surface area contributed by atoms with Crippen LogP contribution in [0.4, 0.5) is 0 Å². The third-order valence-electron chi connectivity index (χ3n) is 3.38. The number of thioether (sulfide) groups is 1. The van der Waals surface area contributed by atoms with E-state index < -0.39 is 0 Å². The number of amides is 1. The lowest BCUT2D eigenvalue weighted by atomic mass is 10.1. The zero-order chi connectivity index (χ0) is 13.0. The zero-order valence-corrected chi connectivity index (χ0v) is 12.9. The minimum atomic E-state index is 0.0537. The van der Waals surface area contributed by atoms with Gasteiger partial charge in [-0.05, 0) is 43.6 Å². The van der Waals surface area contributed by atoms with Gasteiger partial charge in [-0.2, -0.15) is 0 Å². The van der Waals surface area contributed by atoms with Gasteiger partial charge in [-0.3, -0.25) is 4.79 Å². The molecule has 1 aromatic carbocycles. The smallest absolute Gasteiger partial charge is 0.252 e. The van der Waals surface area contributed by atoms with Crippen LogP contribution in [-0.4, -0.2) is 23.5 Å². The van der Waals surface area contributed by atoms with E-state index in [1.54, 1.807) is 11.8 Å². The summed E-state index contributed by atoms with van der Waals surface area (Å²) >= 11 is 5.25. The van der Waals surface area contributed by atoms with Crippen LogP contribution in [0.15, 0.2) is 29.2 Å². The summed E-state index contributed by atoms with van der Waals surface area (Å²) in [6.07, 6.45) is 5.60. The van der Waals surface area contributed by atoms with Crippen molar-refractivity contribution in [3.05, 3.63) is 29.8 Å². The molecule has 2 unspecified atom stereocenters. The van der Waals surface area contributed by atoms with Crippen LogP contribution in [0.2, 0.25) is 0 Å². The van der Waals surface area contributed by atoms with Gasteiger partial charge >= 0.3 is 0 Å². The molecule has 1 aromatic rings. The molecule has 1 fully saturated rings. The van der Waals surface area contributed by atoms with Crippen LogP contribution in [0.25, 0.3) is 0 Å². The molecule has 2 rings (SSSR count). The molecule has 0 radical (unpaired) electrons. The SMILES string of the molecule is CSc1ccccc1C(=O)NCC1CCC(Br)C1. The summed E-state index contributed by atoms with van der Waals surface area (Å²) in [4.78, 5) is 13.8. The number of alkyl halides is 1. The van der Waals surface area contributed by atoms with E-state index in [0.717, 1.165) is 17.0 Å². The molecule has 1 saturated carbocycles. The standard InChI is InChI=1S/C14H18BrNOS/c1-18-13-5-3-2-4-12(13)14(17)16-9-10-6-7-11(15)8-10/h2-5,10-11H,6-9H2,1H3,(H,16,17). The third-order valence-corrected chi connectivity index (χ3v) is 5.01. The van der Waals surface area contributed by atoms with Crippen molar-refractivity contribution in [3.8, 4) is 0 Å². The van der Waals surface area contributed by atoms with Gasteiger partial charge in [0.1, 0.15) is 0 Å². The first-order valence-electron chi connectivity index (χ1n) is 6.26. The quantitative estimate of drug-likeness (QED) is 0.674. The van der Waals surface area contributed by atoms with Crippen molar-refractivity contribution in [2.75, 3.05) is 12.8 Å². The Hall–Kier alpha value is -0.480. The maximum Gasteiger partial charge on any atom is 0.252 e. The molecule has 0 saturated heterocycles.